The first-order valence-electron chi connectivity index (χ1n) is 7.48. The quantitative estimate of drug-likeness (QED) is 0.793. The monoisotopic (exact) mass is 299 g/mol. The van der Waals surface area contributed by atoms with Gasteiger partial charge in [0.25, 0.3) is 0 Å². The van der Waals surface area contributed by atoms with E-state index in [0.717, 1.165) is 6.42 Å². The number of carbonyl (C=O) groups is 1. The van der Waals surface area contributed by atoms with Crippen LogP contribution < -0.4 is 0 Å². The van der Waals surface area contributed by atoms with Crippen LogP contribution in [0.4, 0.5) is 4.79 Å². The molecule has 1 saturated heterocycles. The van der Waals surface area contributed by atoms with Crippen molar-refractivity contribution < 1.29 is 19.4 Å². The maximum Gasteiger partial charge on any atom is 0.412 e. The second kappa shape index (κ2) is 6.79. The Morgan fingerprint density at radius 2 is 2.19 bits per heavy atom. The van der Waals surface area contributed by atoms with Crippen LogP contribution >= 0.6 is 0 Å². The summed E-state index contributed by atoms with van der Waals surface area (Å²) in [7, 11) is 0. The summed E-state index contributed by atoms with van der Waals surface area (Å²) < 4.78 is 11.2. The molecule has 1 amide bonds. The molecule has 1 aliphatic rings. The van der Waals surface area contributed by atoms with Crippen molar-refractivity contribution in [1.29, 1.82) is 0 Å². The molecule has 0 aromatic rings. The molecular weight excluding hydrogens is 270 g/mol. The lowest BCUT2D eigenvalue weighted by Crippen LogP contribution is -2.50. The molecule has 0 aromatic heterocycles. The van der Waals surface area contributed by atoms with Crippen LogP contribution in [0.25, 0.3) is 0 Å². The third-order valence-corrected chi connectivity index (χ3v) is 3.53. The molecule has 1 aliphatic heterocycles. The van der Waals surface area contributed by atoms with Gasteiger partial charge in [0.15, 0.2) is 0 Å². The highest BCUT2D eigenvalue weighted by Crippen LogP contribution is 2.32. The minimum absolute atomic E-state index is 0.0745. The molecule has 0 bridgehead atoms. The van der Waals surface area contributed by atoms with E-state index in [1.807, 2.05) is 34.6 Å². The van der Waals surface area contributed by atoms with Gasteiger partial charge in [0.1, 0.15) is 11.3 Å². The average molecular weight is 299 g/mol. The Balaban J connectivity index is 2.83. The molecule has 5 nitrogen and oxygen atoms in total. The summed E-state index contributed by atoms with van der Waals surface area (Å²) in [6.07, 6.45) is 2.81. The van der Waals surface area contributed by atoms with Crippen LogP contribution in [-0.4, -0.2) is 46.7 Å². The molecule has 0 aliphatic carbocycles. The van der Waals surface area contributed by atoms with E-state index < -0.39 is 11.3 Å². The fourth-order valence-electron chi connectivity index (χ4n) is 2.60. The number of hydrogen-bond acceptors (Lipinski definition) is 4. The summed E-state index contributed by atoms with van der Waals surface area (Å²) >= 11 is 0. The maximum atomic E-state index is 12.5. The molecule has 1 fully saturated rings. The molecule has 0 spiro atoms. The first-order valence-corrected chi connectivity index (χ1v) is 7.48. The van der Waals surface area contributed by atoms with Gasteiger partial charge < -0.3 is 14.6 Å². The summed E-state index contributed by atoms with van der Waals surface area (Å²) in [5, 5.41) is 9.44. The smallest absolute Gasteiger partial charge is 0.412 e. The molecule has 1 rings (SSSR count). The van der Waals surface area contributed by atoms with Crippen LogP contribution in [0.2, 0.25) is 0 Å². The largest absolute Gasteiger partial charge is 0.444 e. The van der Waals surface area contributed by atoms with Gasteiger partial charge in [-0.25, -0.2) is 4.79 Å². The Kier molecular flexibility index (Phi) is 5.82. The van der Waals surface area contributed by atoms with Crippen LogP contribution in [0.1, 0.15) is 47.5 Å². The molecular formula is C16H29NO4. The van der Waals surface area contributed by atoms with Gasteiger partial charge in [0.05, 0.1) is 12.6 Å². The number of amides is 1. The predicted molar refractivity (Wildman–Crippen MR) is 81.9 cm³/mol. The van der Waals surface area contributed by atoms with Crippen LogP contribution in [0.15, 0.2) is 12.7 Å². The van der Waals surface area contributed by atoms with Crippen molar-refractivity contribution in [3.8, 4) is 0 Å². The molecule has 21 heavy (non-hydrogen) atoms. The zero-order chi connectivity index (χ0) is 16.3. The Bertz CT molecular complexity index is 373. The number of hydrogen-bond donors (Lipinski definition) is 1. The highest BCUT2D eigenvalue weighted by molar-refractivity contribution is 5.69. The highest BCUT2D eigenvalue weighted by atomic mass is 16.6. The van der Waals surface area contributed by atoms with Gasteiger partial charge in [-0.2, -0.15) is 0 Å². The van der Waals surface area contributed by atoms with Crippen molar-refractivity contribution >= 4 is 6.09 Å². The van der Waals surface area contributed by atoms with E-state index in [4.69, 9.17) is 9.47 Å². The van der Waals surface area contributed by atoms with E-state index in [0.29, 0.717) is 13.0 Å². The minimum Gasteiger partial charge on any atom is -0.444 e. The summed E-state index contributed by atoms with van der Waals surface area (Å²) in [6, 6.07) is -0.0908. The van der Waals surface area contributed by atoms with Crippen LogP contribution in [0, 0.1) is 5.92 Å². The van der Waals surface area contributed by atoms with E-state index >= 15 is 0 Å². The highest BCUT2D eigenvalue weighted by Gasteiger charge is 2.45. The summed E-state index contributed by atoms with van der Waals surface area (Å²) in [4.78, 5) is 14.1. The van der Waals surface area contributed by atoms with Crippen molar-refractivity contribution in [3.63, 3.8) is 0 Å². The zero-order valence-electron chi connectivity index (χ0n) is 13.9. The van der Waals surface area contributed by atoms with Gasteiger partial charge in [-0.1, -0.05) is 6.08 Å². The Morgan fingerprint density at radius 1 is 1.57 bits per heavy atom. The fraction of sp³-hybridized carbons (Fsp3) is 0.812. The minimum atomic E-state index is -0.693. The van der Waals surface area contributed by atoms with Crippen LogP contribution in [-0.2, 0) is 9.47 Å². The molecule has 1 N–H and O–H groups in total. The number of aliphatic hydroxyl groups excluding tert-OH is 1. The Hall–Kier alpha value is -1.07. The molecule has 5 heteroatoms. The van der Waals surface area contributed by atoms with Crippen LogP contribution in [0.3, 0.4) is 0 Å². The number of ether oxygens (including phenoxy) is 2. The van der Waals surface area contributed by atoms with Gasteiger partial charge in [0, 0.05) is 6.61 Å². The fourth-order valence-corrected chi connectivity index (χ4v) is 2.60. The molecule has 0 aromatic carbocycles. The van der Waals surface area contributed by atoms with Gasteiger partial charge in [-0.3, -0.25) is 4.90 Å². The third kappa shape index (κ3) is 5.00. The average Bonchev–Trinajstić information content (AvgIpc) is 2.61. The first-order chi connectivity index (χ1) is 9.60. The second-order valence-corrected chi connectivity index (χ2v) is 7.07. The number of nitrogens with zero attached hydrogens (tertiary/aromatic N) is 1. The Labute approximate surface area is 127 Å². The summed E-state index contributed by atoms with van der Waals surface area (Å²) in [5.41, 5.74) is -1.24. The number of aliphatic hydroxyl groups is 1. The number of rotatable bonds is 5. The van der Waals surface area contributed by atoms with Crippen molar-refractivity contribution in [3.05, 3.63) is 12.7 Å². The molecule has 0 unspecified atom stereocenters. The standard InChI is InChI=1S/C16H29NO4/c1-7-8-12(10-18)9-13-11-20-16(5,6)17(13)14(19)21-15(2,3)4/h7,12-13,18H,1,8-11H2,2-6H3/t12-,13+/m0/s1. The lowest BCUT2D eigenvalue weighted by Gasteiger charge is -2.35. The molecule has 1 heterocycles. The van der Waals surface area contributed by atoms with Gasteiger partial charge in [0.2, 0.25) is 0 Å². The maximum absolute atomic E-state index is 12.5. The van der Waals surface area contributed by atoms with Crippen molar-refractivity contribution in [2.24, 2.45) is 5.92 Å². The molecule has 0 radical (unpaired) electrons. The van der Waals surface area contributed by atoms with Crippen LogP contribution in [0.5, 0.6) is 0 Å². The SMILES string of the molecule is C=CC[C@H](CO)C[C@@H]1COC(C)(C)N1C(=O)OC(C)(C)C. The van der Waals surface area contributed by atoms with E-state index in [1.54, 1.807) is 11.0 Å². The zero-order valence-corrected chi connectivity index (χ0v) is 13.9. The van der Waals surface area contributed by atoms with E-state index in [2.05, 4.69) is 6.58 Å². The lowest BCUT2D eigenvalue weighted by molar-refractivity contribution is -0.0633. The predicted octanol–water partition coefficient (Wildman–Crippen LogP) is 2.93. The molecule has 122 valence electrons. The van der Waals surface area contributed by atoms with E-state index in [-0.39, 0.29) is 24.7 Å². The summed E-state index contributed by atoms with van der Waals surface area (Å²) in [6.45, 7) is 13.5. The lowest BCUT2D eigenvalue weighted by atomic mass is 9.97. The summed E-state index contributed by atoms with van der Waals surface area (Å²) in [5.74, 6) is 0.0786. The number of carbonyl (C=O) groups excluding carboxylic acids is 1. The topological polar surface area (TPSA) is 59.0 Å². The molecule has 0 saturated carbocycles. The third-order valence-electron chi connectivity index (χ3n) is 3.53. The second-order valence-electron chi connectivity index (χ2n) is 7.07. The van der Waals surface area contributed by atoms with Gasteiger partial charge in [-0.05, 0) is 53.4 Å². The normalized spacial score (nSPS) is 23.0. The van der Waals surface area contributed by atoms with Crippen molar-refractivity contribution in [1.82, 2.24) is 4.90 Å². The van der Waals surface area contributed by atoms with E-state index in [1.165, 1.54) is 0 Å². The van der Waals surface area contributed by atoms with E-state index in [9.17, 15) is 9.90 Å². The molecule has 2 atom stereocenters. The van der Waals surface area contributed by atoms with Gasteiger partial charge in [-0.15, -0.1) is 6.58 Å². The number of allylic oxidation sites excluding steroid dienone is 1. The van der Waals surface area contributed by atoms with Crippen molar-refractivity contribution in [2.75, 3.05) is 13.2 Å². The Morgan fingerprint density at radius 3 is 2.67 bits per heavy atom. The first kappa shape index (κ1) is 18.0. The van der Waals surface area contributed by atoms with Gasteiger partial charge >= 0.3 is 6.09 Å². The van der Waals surface area contributed by atoms with Crippen molar-refractivity contribution in [2.45, 2.75) is 64.8 Å².